The number of esters is 1. The molecule has 0 radical (unpaired) electrons. The molecule has 0 bridgehead atoms. The van der Waals surface area contributed by atoms with Gasteiger partial charge in [0.15, 0.2) is 5.96 Å². The topological polar surface area (TPSA) is 81.0 Å². The fraction of sp³-hybridized carbons (Fsp3) is 0.762. The van der Waals surface area contributed by atoms with Crippen LogP contribution in [0.3, 0.4) is 0 Å². The summed E-state index contributed by atoms with van der Waals surface area (Å²) < 4.78 is 13.0. The molecule has 29 heavy (non-hydrogen) atoms. The molecule has 1 saturated heterocycles. The molecule has 8 heteroatoms. The van der Waals surface area contributed by atoms with E-state index in [1.807, 2.05) is 47.3 Å². The van der Waals surface area contributed by atoms with Crippen LogP contribution in [0.25, 0.3) is 0 Å². The van der Waals surface area contributed by atoms with Gasteiger partial charge in [-0.25, -0.2) is 0 Å². The molecule has 1 aromatic rings. The molecule has 2 rings (SSSR count). The first-order chi connectivity index (χ1) is 13.8. The summed E-state index contributed by atoms with van der Waals surface area (Å²) in [7, 11) is 3.73. The molecule has 1 aliphatic heterocycles. The van der Waals surface area contributed by atoms with E-state index in [1.165, 1.54) is 0 Å². The number of rotatable bonds is 8. The molecule has 1 fully saturated rings. The standard InChI is InChI=1S/C21H37N5O3/c1-21(2,3)29-19(27)10-8-6-7-9-11-23-20(22-4)26-12-13-28-18(16-26)17-14-24-25(5)15-17/h14-15,18H,6-13,16H2,1-5H3,(H,22,23). The van der Waals surface area contributed by atoms with E-state index in [0.29, 0.717) is 13.0 Å². The quantitative estimate of drug-likeness (QED) is 0.309. The van der Waals surface area contributed by atoms with Crippen molar-refractivity contribution in [2.24, 2.45) is 12.0 Å². The van der Waals surface area contributed by atoms with Gasteiger partial charge in [0.05, 0.1) is 19.3 Å². The Morgan fingerprint density at radius 2 is 2.10 bits per heavy atom. The van der Waals surface area contributed by atoms with Crippen LogP contribution in [-0.4, -0.2) is 65.5 Å². The number of hydrogen-bond acceptors (Lipinski definition) is 5. The summed E-state index contributed by atoms with van der Waals surface area (Å²) in [6.07, 6.45) is 8.40. The second-order valence-corrected chi connectivity index (χ2v) is 8.48. The first kappa shape index (κ1) is 23.2. The molecule has 1 N–H and O–H groups in total. The predicted molar refractivity (Wildman–Crippen MR) is 114 cm³/mol. The molecular weight excluding hydrogens is 370 g/mol. The van der Waals surface area contributed by atoms with Gasteiger partial charge in [0.1, 0.15) is 11.7 Å². The first-order valence-electron chi connectivity index (χ1n) is 10.6. The molecule has 8 nitrogen and oxygen atoms in total. The van der Waals surface area contributed by atoms with Crippen LogP contribution in [0.15, 0.2) is 17.4 Å². The van der Waals surface area contributed by atoms with Gasteiger partial charge in [-0.15, -0.1) is 0 Å². The molecule has 0 aliphatic carbocycles. The Bertz CT molecular complexity index is 666. The molecule has 2 heterocycles. The molecule has 1 aliphatic rings. The number of carbonyl (C=O) groups excluding carboxylic acids is 1. The zero-order chi connectivity index (χ0) is 21.3. The number of morpholine rings is 1. The van der Waals surface area contributed by atoms with Gasteiger partial charge >= 0.3 is 5.97 Å². The van der Waals surface area contributed by atoms with Crippen molar-refractivity contribution >= 4 is 11.9 Å². The number of nitrogens with zero attached hydrogens (tertiary/aromatic N) is 4. The lowest BCUT2D eigenvalue weighted by atomic mass is 10.1. The lowest BCUT2D eigenvalue weighted by Gasteiger charge is -2.34. The molecule has 0 saturated carbocycles. The van der Waals surface area contributed by atoms with E-state index >= 15 is 0 Å². The van der Waals surface area contributed by atoms with Crippen molar-refractivity contribution in [3.63, 3.8) is 0 Å². The van der Waals surface area contributed by atoms with Crippen LogP contribution < -0.4 is 5.32 Å². The number of carbonyl (C=O) groups is 1. The van der Waals surface area contributed by atoms with E-state index in [4.69, 9.17) is 9.47 Å². The highest BCUT2D eigenvalue weighted by atomic mass is 16.6. The normalized spacial score (nSPS) is 18.0. The minimum atomic E-state index is -0.396. The summed E-state index contributed by atoms with van der Waals surface area (Å²) in [5, 5.41) is 7.69. The highest BCUT2D eigenvalue weighted by Crippen LogP contribution is 2.21. The largest absolute Gasteiger partial charge is 0.460 e. The van der Waals surface area contributed by atoms with Crippen molar-refractivity contribution in [2.45, 2.75) is 64.6 Å². The third-order valence-electron chi connectivity index (χ3n) is 4.69. The van der Waals surface area contributed by atoms with Gasteiger partial charge in [0.2, 0.25) is 0 Å². The number of nitrogens with one attached hydrogen (secondary N) is 1. The molecular formula is C21H37N5O3. The number of ether oxygens (including phenoxy) is 2. The smallest absolute Gasteiger partial charge is 0.306 e. The number of hydrogen-bond donors (Lipinski definition) is 1. The molecule has 0 spiro atoms. The average molecular weight is 408 g/mol. The van der Waals surface area contributed by atoms with Gasteiger partial charge in [-0.2, -0.15) is 5.10 Å². The molecule has 1 unspecified atom stereocenters. The van der Waals surface area contributed by atoms with E-state index in [1.54, 1.807) is 4.68 Å². The first-order valence-corrected chi connectivity index (χ1v) is 10.6. The molecule has 0 aromatic carbocycles. The minimum absolute atomic E-state index is 0.0175. The fourth-order valence-corrected chi connectivity index (χ4v) is 3.32. The number of guanidine groups is 1. The van der Waals surface area contributed by atoms with Crippen LogP contribution in [0.1, 0.15) is 64.5 Å². The maximum Gasteiger partial charge on any atom is 0.306 e. The maximum absolute atomic E-state index is 11.7. The number of aryl methyl sites for hydroxylation is 1. The summed E-state index contributed by atoms with van der Waals surface area (Å²) in [5.41, 5.74) is 0.699. The zero-order valence-electron chi connectivity index (χ0n) is 18.6. The van der Waals surface area contributed by atoms with Crippen LogP contribution >= 0.6 is 0 Å². The lowest BCUT2D eigenvalue weighted by molar-refractivity contribution is -0.154. The summed E-state index contributed by atoms with van der Waals surface area (Å²) in [4.78, 5) is 18.4. The van der Waals surface area contributed by atoms with Gasteiger partial charge in [0.25, 0.3) is 0 Å². The maximum atomic E-state index is 11.7. The van der Waals surface area contributed by atoms with Crippen LogP contribution in [-0.2, 0) is 21.3 Å². The highest BCUT2D eigenvalue weighted by molar-refractivity contribution is 5.80. The Kier molecular flexibility index (Phi) is 8.95. The van der Waals surface area contributed by atoms with E-state index in [-0.39, 0.29) is 12.1 Å². The Labute approximate surface area is 174 Å². The van der Waals surface area contributed by atoms with E-state index < -0.39 is 5.60 Å². The molecule has 1 aromatic heterocycles. The van der Waals surface area contributed by atoms with Gasteiger partial charge in [-0.3, -0.25) is 14.5 Å². The van der Waals surface area contributed by atoms with E-state index in [0.717, 1.165) is 56.8 Å². The second-order valence-electron chi connectivity index (χ2n) is 8.48. The van der Waals surface area contributed by atoms with Gasteiger partial charge < -0.3 is 19.7 Å². The van der Waals surface area contributed by atoms with Crippen molar-refractivity contribution in [1.29, 1.82) is 0 Å². The Balaban J connectivity index is 1.63. The third-order valence-corrected chi connectivity index (χ3v) is 4.69. The SMILES string of the molecule is CN=C(NCCCCCCC(=O)OC(C)(C)C)N1CCOC(c2cnn(C)c2)C1. The second kappa shape index (κ2) is 11.2. The Morgan fingerprint density at radius 3 is 2.76 bits per heavy atom. The van der Waals surface area contributed by atoms with Crippen LogP contribution in [0.5, 0.6) is 0 Å². The van der Waals surface area contributed by atoms with E-state index in [2.05, 4.69) is 20.3 Å². The van der Waals surface area contributed by atoms with Crippen LogP contribution in [0.2, 0.25) is 0 Å². The summed E-state index contributed by atoms with van der Waals surface area (Å²) in [6, 6.07) is 0. The van der Waals surface area contributed by atoms with Crippen molar-refractivity contribution in [1.82, 2.24) is 20.0 Å². The van der Waals surface area contributed by atoms with Crippen LogP contribution in [0, 0.1) is 0 Å². The van der Waals surface area contributed by atoms with Crippen LogP contribution in [0.4, 0.5) is 0 Å². The van der Waals surface area contributed by atoms with Gasteiger partial charge in [0, 0.05) is 45.4 Å². The Morgan fingerprint density at radius 1 is 1.34 bits per heavy atom. The average Bonchev–Trinajstić information content (AvgIpc) is 3.09. The number of aliphatic imine (C=N–C) groups is 1. The molecule has 1 atom stereocenters. The Hall–Kier alpha value is -2.09. The van der Waals surface area contributed by atoms with Gasteiger partial charge in [-0.1, -0.05) is 12.8 Å². The van der Waals surface area contributed by atoms with Crippen molar-refractivity contribution < 1.29 is 14.3 Å². The fourth-order valence-electron chi connectivity index (χ4n) is 3.32. The van der Waals surface area contributed by atoms with Gasteiger partial charge in [-0.05, 0) is 33.6 Å². The lowest BCUT2D eigenvalue weighted by Crippen LogP contribution is -2.48. The van der Waals surface area contributed by atoms with E-state index in [9.17, 15) is 4.79 Å². The van der Waals surface area contributed by atoms with Crippen molar-refractivity contribution in [3.8, 4) is 0 Å². The zero-order valence-corrected chi connectivity index (χ0v) is 18.6. The summed E-state index contributed by atoms with van der Waals surface area (Å²) >= 11 is 0. The number of aromatic nitrogens is 2. The number of unbranched alkanes of at least 4 members (excludes halogenated alkanes) is 3. The molecule has 164 valence electrons. The third kappa shape index (κ3) is 8.43. The summed E-state index contributed by atoms with van der Waals surface area (Å²) in [6.45, 7) is 8.83. The van der Waals surface area contributed by atoms with Crippen molar-refractivity contribution in [2.75, 3.05) is 33.3 Å². The minimum Gasteiger partial charge on any atom is -0.460 e. The monoisotopic (exact) mass is 407 g/mol. The predicted octanol–water partition coefficient (Wildman–Crippen LogP) is 2.66. The highest BCUT2D eigenvalue weighted by Gasteiger charge is 2.25. The summed E-state index contributed by atoms with van der Waals surface area (Å²) in [5.74, 6) is 0.808. The molecule has 0 amide bonds. The van der Waals surface area contributed by atoms with Crippen molar-refractivity contribution in [3.05, 3.63) is 18.0 Å².